The van der Waals surface area contributed by atoms with Crippen LogP contribution in [0.4, 0.5) is 0 Å². The molecule has 6 rings (SSSR count). The van der Waals surface area contributed by atoms with Crippen molar-refractivity contribution in [3.8, 4) is 0 Å². The van der Waals surface area contributed by atoms with E-state index in [2.05, 4.69) is 168 Å². The van der Waals surface area contributed by atoms with Gasteiger partial charge in [0.05, 0.1) is 64.9 Å². The molecule has 0 saturated carbocycles. The second-order valence-electron chi connectivity index (χ2n) is 26.6. The summed E-state index contributed by atoms with van der Waals surface area (Å²) in [6, 6.07) is 22.6. The van der Waals surface area contributed by atoms with Crippen LogP contribution in [0.25, 0.3) is 0 Å². The molecular weight excluding hydrogens is 973 g/mol. The monoisotopic (exact) mass is 1070 g/mol. The Bertz CT molecular complexity index is 1900. The van der Waals surface area contributed by atoms with E-state index < -0.39 is 44.4 Å². The molecule has 2 aromatic carbocycles. The zero-order valence-corrected chi connectivity index (χ0v) is 52.4. The number of benzene rings is 2. The minimum absolute atomic E-state index is 0.0442. The van der Waals surface area contributed by atoms with E-state index in [1.807, 2.05) is 50.0 Å². The van der Waals surface area contributed by atoms with E-state index in [1.54, 1.807) is 0 Å². The van der Waals surface area contributed by atoms with Gasteiger partial charge in [-0.1, -0.05) is 141 Å². The van der Waals surface area contributed by atoms with Gasteiger partial charge >= 0.3 is 0 Å². The number of nitrogens with zero attached hydrogens (tertiary/aromatic N) is 2. The van der Waals surface area contributed by atoms with Crippen LogP contribution in [-0.2, 0) is 60.0 Å². The lowest BCUT2D eigenvalue weighted by Gasteiger charge is -2.46. The molecule has 4 aliphatic heterocycles. The van der Waals surface area contributed by atoms with Crippen molar-refractivity contribution in [2.75, 3.05) is 39.6 Å². The summed E-state index contributed by atoms with van der Waals surface area (Å²) in [6.07, 6.45) is 3.11. The highest BCUT2D eigenvalue weighted by atomic mass is 28.4. The van der Waals surface area contributed by atoms with Gasteiger partial charge in [0.15, 0.2) is 28.2 Å². The quantitative estimate of drug-likeness (QED) is 0.118. The molecule has 0 bridgehead atoms. The maximum Gasteiger partial charge on any atom is 0.192 e. The summed E-state index contributed by atoms with van der Waals surface area (Å²) >= 11 is 0. The average Bonchev–Trinajstić information content (AvgIpc) is 3.81. The van der Waals surface area contributed by atoms with Crippen LogP contribution in [0.5, 0.6) is 0 Å². The highest BCUT2D eigenvalue weighted by Crippen LogP contribution is 2.43. The van der Waals surface area contributed by atoms with E-state index in [1.165, 1.54) is 11.1 Å². The Balaban J connectivity index is 0.000000267. The van der Waals surface area contributed by atoms with Gasteiger partial charge in [0, 0.05) is 16.1 Å². The maximum atomic E-state index is 7.16. The maximum absolute atomic E-state index is 7.16. The van der Waals surface area contributed by atoms with Crippen molar-refractivity contribution in [1.29, 1.82) is 0 Å². The second-order valence-corrected chi connectivity index (χ2v) is 47.3. The predicted molar refractivity (Wildman–Crippen MR) is 302 cm³/mol. The molecule has 6 atom stereocenters. The van der Waals surface area contributed by atoms with E-state index in [-0.39, 0.29) is 46.6 Å². The third-order valence-corrected chi connectivity index (χ3v) is 27.1. The van der Waals surface area contributed by atoms with Gasteiger partial charge in [-0.3, -0.25) is 9.68 Å². The Labute approximate surface area is 440 Å². The Morgan fingerprint density at radius 3 is 1.15 bits per heavy atom. The fourth-order valence-electron chi connectivity index (χ4n) is 8.30. The summed E-state index contributed by atoms with van der Waals surface area (Å²) in [4.78, 5) is 12.6. The Kier molecular flexibility index (Phi) is 20.7. The average molecular weight is 1070 g/mol. The van der Waals surface area contributed by atoms with Gasteiger partial charge in [-0.05, 0) is 99.3 Å². The molecule has 0 radical (unpaired) electrons. The number of hydrogen-bond acceptors (Lipinski definition) is 12. The number of rotatable bonds is 20. The van der Waals surface area contributed by atoms with Gasteiger partial charge in [0.1, 0.15) is 35.8 Å². The fourth-order valence-corrected chi connectivity index (χ4v) is 12.4. The Morgan fingerprint density at radius 1 is 0.542 bits per heavy atom. The Morgan fingerprint density at radius 2 is 0.875 bits per heavy atom. The van der Waals surface area contributed by atoms with E-state index in [0.717, 1.165) is 23.6 Å². The number of hydroxylamine groups is 4. The van der Waals surface area contributed by atoms with Crippen LogP contribution < -0.4 is 0 Å². The molecule has 2 aromatic rings. The summed E-state index contributed by atoms with van der Waals surface area (Å²) < 4.78 is 52.4. The van der Waals surface area contributed by atoms with Crippen molar-refractivity contribution >= 4 is 32.8 Å². The molecule has 408 valence electrons. The van der Waals surface area contributed by atoms with Crippen LogP contribution in [0.2, 0.25) is 87.6 Å². The van der Waals surface area contributed by atoms with E-state index in [4.69, 9.17) is 46.9 Å². The summed E-state index contributed by atoms with van der Waals surface area (Å²) in [5, 5.41) is 4.18. The van der Waals surface area contributed by atoms with Gasteiger partial charge in [0.25, 0.3) is 0 Å². The predicted octanol–water partition coefficient (Wildman–Crippen LogP) is 13.2. The molecule has 0 aliphatic carbocycles. The molecule has 0 N–H and O–H groups in total. The molecule has 16 heteroatoms. The molecule has 72 heavy (non-hydrogen) atoms. The molecule has 0 unspecified atom stereocenters. The lowest BCUT2D eigenvalue weighted by molar-refractivity contribution is -0.226. The molecule has 0 aromatic heterocycles. The lowest BCUT2D eigenvalue weighted by Crippen LogP contribution is -2.58. The summed E-state index contributed by atoms with van der Waals surface area (Å²) in [6.45, 7) is 49.5. The molecule has 4 aliphatic rings. The van der Waals surface area contributed by atoms with Gasteiger partial charge in [0.2, 0.25) is 0 Å². The minimum Gasteiger partial charge on any atom is -0.497 e. The van der Waals surface area contributed by atoms with Crippen molar-refractivity contribution in [2.45, 2.75) is 218 Å². The normalized spacial score (nSPS) is 24.4. The van der Waals surface area contributed by atoms with Crippen LogP contribution >= 0.6 is 0 Å². The first kappa shape index (κ1) is 60.8. The van der Waals surface area contributed by atoms with E-state index in [9.17, 15) is 0 Å². The zero-order chi connectivity index (χ0) is 53.6. The summed E-state index contributed by atoms with van der Waals surface area (Å²) in [5.41, 5.74) is 2.36. The highest BCUT2D eigenvalue weighted by Gasteiger charge is 2.52. The van der Waals surface area contributed by atoms with Crippen LogP contribution in [0.15, 0.2) is 84.3 Å². The molecule has 2 saturated heterocycles. The molecule has 4 heterocycles. The first-order chi connectivity index (χ1) is 33.2. The summed E-state index contributed by atoms with van der Waals surface area (Å²) in [7, 11) is -6.83. The SMILES string of the molecule is CC1(C)OC[C@@H]([C@@H](O[Si](C)(C)C(C)(C)C)[C@H]2C(OCC[Si](C)(C)C)=CCON2Cc2ccccc2)O1.CC1(C)OC[C@@H]([C@@H](O[Si](C)(C)C(C)(C)C)[C@H]2C(OCC[Si](C)(C)C)=CCON2Cc2ccccc2)O1. The molecular formula is C56H98N2O10Si4. The van der Waals surface area contributed by atoms with Gasteiger partial charge < -0.3 is 37.3 Å². The van der Waals surface area contributed by atoms with E-state index >= 15 is 0 Å². The molecule has 12 nitrogen and oxygen atoms in total. The van der Waals surface area contributed by atoms with E-state index in [0.29, 0.717) is 52.7 Å². The van der Waals surface area contributed by atoms with Gasteiger partial charge in [-0.25, -0.2) is 0 Å². The lowest BCUT2D eigenvalue weighted by atomic mass is 10.0. The van der Waals surface area contributed by atoms with Crippen LogP contribution in [0.1, 0.15) is 80.4 Å². The zero-order valence-electron chi connectivity index (χ0n) is 48.4. The fraction of sp³-hybridized carbons (Fsp3) is 0.714. The van der Waals surface area contributed by atoms with Gasteiger partial charge in [-0.15, -0.1) is 0 Å². The first-order valence-electron chi connectivity index (χ1n) is 26.7. The smallest absolute Gasteiger partial charge is 0.192 e. The Hall–Kier alpha value is -2.01. The summed E-state index contributed by atoms with van der Waals surface area (Å²) in [5.74, 6) is 0.546. The number of ether oxygens (including phenoxy) is 6. The van der Waals surface area contributed by atoms with Gasteiger partial charge in [-0.2, -0.15) is 10.1 Å². The second kappa shape index (κ2) is 24.5. The highest BCUT2D eigenvalue weighted by molar-refractivity contribution is 6.76. The van der Waals surface area contributed by atoms with Crippen LogP contribution in [-0.4, -0.2) is 131 Å². The molecule has 0 spiro atoms. The minimum atomic E-state index is -2.17. The first-order valence-corrected chi connectivity index (χ1v) is 39.9. The van der Waals surface area contributed by atoms with Crippen molar-refractivity contribution in [3.63, 3.8) is 0 Å². The standard InChI is InChI=1S/2C28H49NO5Si2/c2*1-27(2,3)36(9,10)34-26(24-21-31-28(4,5)33-24)25-23(30-18-19-35(6,7)8)16-17-32-29(25)20-22-14-12-11-13-15-22/h2*11-16,24-26H,17-21H2,1-10H3/t2*24-,25+,26+/m00/s1. The van der Waals surface area contributed by atoms with Crippen molar-refractivity contribution in [2.24, 2.45) is 0 Å². The van der Waals surface area contributed by atoms with Crippen molar-refractivity contribution < 1.29 is 46.9 Å². The van der Waals surface area contributed by atoms with Crippen LogP contribution in [0.3, 0.4) is 0 Å². The van der Waals surface area contributed by atoms with Crippen LogP contribution in [0, 0.1) is 0 Å². The third-order valence-electron chi connectivity index (χ3n) is 14.7. The third kappa shape index (κ3) is 18.1. The van der Waals surface area contributed by atoms with Crippen molar-refractivity contribution in [1.82, 2.24) is 10.1 Å². The molecule has 2 fully saturated rings. The van der Waals surface area contributed by atoms with Crippen molar-refractivity contribution in [3.05, 3.63) is 95.5 Å². The molecule has 0 amide bonds. The largest absolute Gasteiger partial charge is 0.497 e. The number of hydrogen-bond donors (Lipinski definition) is 0. The topological polar surface area (TPSA) is 98.8 Å².